The molecule has 1 aromatic carbocycles. The van der Waals surface area contributed by atoms with E-state index in [0.29, 0.717) is 6.04 Å². The van der Waals surface area contributed by atoms with Gasteiger partial charge in [-0.25, -0.2) is 0 Å². The van der Waals surface area contributed by atoms with E-state index >= 15 is 0 Å². The molecule has 98 valence electrons. The van der Waals surface area contributed by atoms with E-state index in [1.165, 1.54) is 11.1 Å². The predicted octanol–water partition coefficient (Wildman–Crippen LogP) is 2.34. The second kappa shape index (κ2) is 5.53. The number of fused-ring (bicyclic) bond motifs is 1. The molecule has 1 aliphatic carbocycles. The molecular weight excluding hydrogens is 226 g/mol. The molecule has 0 radical (unpaired) electrons. The van der Waals surface area contributed by atoms with Crippen LogP contribution in [0, 0.1) is 0 Å². The minimum Gasteiger partial charge on any atom is -0.481 e. The highest BCUT2D eigenvalue weighted by Gasteiger charge is 2.29. The second-order valence-electron chi connectivity index (χ2n) is 5.11. The van der Waals surface area contributed by atoms with Gasteiger partial charge in [0.15, 0.2) is 0 Å². The third-order valence-electron chi connectivity index (χ3n) is 3.90. The van der Waals surface area contributed by atoms with Gasteiger partial charge in [0.05, 0.1) is 6.42 Å². The zero-order chi connectivity index (χ0) is 13.1. The normalized spacial score (nSPS) is 16.8. The summed E-state index contributed by atoms with van der Waals surface area (Å²) in [6, 6.07) is 9.10. The zero-order valence-corrected chi connectivity index (χ0v) is 11.1. The van der Waals surface area contributed by atoms with Crippen LogP contribution in [0.25, 0.3) is 0 Å². The lowest BCUT2D eigenvalue weighted by molar-refractivity contribution is -0.138. The number of likely N-dealkylation sites (N-methyl/N-ethyl adjacent to an activating group) is 1. The minimum absolute atomic E-state index is 0.104. The Morgan fingerprint density at radius 1 is 1.39 bits per heavy atom. The molecule has 0 amide bonds. The van der Waals surface area contributed by atoms with Gasteiger partial charge in [-0.05, 0) is 37.4 Å². The summed E-state index contributed by atoms with van der Waals surface area (Å²) < 4.78 is 0. The number of rotatable bonds is 5. The van der Waals surface area contributed by atoms with Crippen molar-refractivity contribution in [2.24, 2.45) is 0 Å². The van der Waals surface area contributed by atoms with Crippen LogP contribution in [0.1, 0.15) is 31.4 Å². The molecule has 1 N–H and O–H groups in total. The molecule has 2 rings (SSSR count). The average molecular weight is 247 g/mol. The summed E-state index contributed by atoms with van der Waals surface area (Å²) in [5.41, 5.74) is 2.84. The van der Waals surface area contributed by atoms with Gasteiger partial charge in [0.1, 0.15) is 0 Å². The largest absolute Gasteiger partial charge is 0.481 e. The molecule has 3 heteroatoms. The number of benzene rings is 1. The standard InChI is InChI=1S/C15H21NO2/c1-3-16(11(2)8-15(17)18)14-9-12-6-4-5-7-13(12)10-14/h4-7,11,14H,3,8-10H2,1-2H3,(H,17,18). The molecule has 0 saturated heterocycles. The quantitative estimate of drug-likeness (QED) is 0.868. The van der Waals surface area contributed by atoms with Gasteiger partial charge < -0.3 is 5.11 Å². The second-order valence-corrected chi connectivity index (χ2v) is 5.11. The van der Waals surface area contributed by atoms with Crippen LogP contribution >= 0.6 is 0 Å². The molecule has 18 heavy (non-hydrogen) atoms. The summed E-state index contributed by atoms with van der Waals surface area (Å²) in [5, 5.41) is 8.92. The van der Waals surface area contributed by atoms with E-state index in [0.717, 1.165) is 19.4 Å². The highest BCUT2D eigenvalue weighted by molar-refractivity contribution is 5.67. The molecule has 3 nitrogen and oxygen atoms in total. The lowest BCUT2D eigenvalue weighted by Crippen LogP contribution is -2.43. The van der Waals surface area contributed by atoms with Crippen LogP contribution < -0.4 is 0 Å². The Bertz CT molecular complexity index is 405. The highest BCUT2D eigenvalue weighted by Crippen LogP contribution is 2.26. The first-order chi connectivity index (χ1) is 8.61. The summed E-state index contributed by atoms with van der Waals surface area (Å²) in [6.07, 6.45) is 2.32. The summed E-state index contributed by atoms with van der Waals surface area (Å²) >= 11 is 0. The third kappa shape index (κ3) is 2.72. The van der Waals surface area contributed by atoms with E-state index in [9.17, 15) is 4.79 Å². The van der Waals surface area contributed by atoms with Crippen LogP contribution in [0.5, 0.6) is 0 Å². The topological polar surface area (TPSA) is 40.5 Å². The molecule has 1 aromatic rings. The average Bonchev–Trinajstić information content (AvgIpc) is 2.71. The van der Waals surface area contributed by atoms with Gasteiger partial charge in [0.2, 0.25) is 0 Å². The van der Waals surface area contributed by atoms with Gasteiger partial charge in [-0.2, -0.15) is 0 Å². The molecule has 1 aliphatic rings. The summed E-state index contributed by atoms with van der Waals surface area (Å²) in [5.74, 6) is -0.712. The third-order valence-corrected chi connectivity index (χ3v) is 3.90. The van der Waals surface area contributed by atoms with Gasteiger partial charge in [0, 0.05) is 12.1 Å². The number of carboxylic acids is 1. The number of hydrogen-bond acceptors (Lipinski definition) is 2. The van der Waals surface area contributed by atoms with E-state index in [-0.39, 0.29) is 12.5 Å². The maximum atomic E-state index is 10.8. The van der Waals surface area contributed by atoms with Crippen molar-refractivity contribution in [1.82, 2.24) is 4.90 Å². The number of carbonyl (C=O) groups is 1. The number of hydrogen-bond donors (Lipinski definition) is 1. The Balaban J connectivity index is 2.06. The molecule has 0 saturated carbocycles. The van der Waals surface area contributed by atoms with E-state index in [4.69, 9.17) is 5.11 Å². The summed E-state index contributed by atoms with van der Waals surface area (Å²) in [4.78, 5) is 13.2. The maximum Gasteiger partial charge on any atom is 0.304 e. The molecule has 0 aromatic heterocycles. The van der Waals surface area contributed by atoms with Crippen LogP contribution in [0.3, 0.4) is 0 Å². The molecule has 1 atom stereocenters. The van der Waals surface area contributed by atoms with E-state index in [1.807, 2.05) is 6.92 Å². The van der Waals surface area contributed by atoms with Gasteiger partial charge in [-0.3, -0.25) is 9.69 Å². The molecule has 0 spiro atoms. The fourth-order valence-electron chi connectivity index (χ4n) is 3.07. The SMILES string of the molecule is CCN(C(C)CC(=O)O)C1Cc2ccccc2C1. The van der Waals surface area contributed by atoms with Crippen molar-refractivity contribution in [2.45, 2.75) is 45.2 Å². The van der Waals surface area contributed by atoms with Gasteiger partial charge in [-0.15, -0.1) is 0 Å². The first-order valence-corrected chi connectivity index (χ1v) is 6.66. The predicted molar refractivity (Wildman–Crippen MR) is 71.7 cm³/mol. The summed E-state index contributed by atoms with van der Waals surface area (Å²) in [6.45, 7) is 5.04. The van der Waals surface area contributed by atoms with Crippen LogP contribution in [0.4, 0.5) is 0 Å². The lowest BCUT2D eigenvalue weighted by atomic mass is 10.1. The zero-order valence-electron chi connectivity index (χ0n) is 11.1. The minimum atomic E-state index is -0.712. The van der Waals surface area contributed by atoms with E-state index < -0.39 is 5.97 Å². The Hall–Kier alpha value is -1.35. The van der Waals surface area contributed by atoms with Gasteiger partial charge in [-0.1, -0.05) is 31.2 Å². The van der Waals surface area contributed by atoms with Crippen LogP contribution in [0.2, 0.25) is 0 Å². The molecule has 0 fully saturated rings. The van der Waals surface area contributed by atoms with Gasteiger partial charge >= 0.3 is 5.97 Å². The highest BCUT2D eigenvalue weighted by atomic mass is 16.4. The fourth-order valence-corrected chi connectivity index (χ4v) is 3.07. The van der Waals surface area contributed by atoms with Crippen LogP contribution in [-0.4, -0.2) is 34.6 Å². The molecule has 1 unspecified atom stereocenters. The van der Waals surface area contributed by atoms with Crippen molar-refractivity contribution in [2.75, 3.05) is 6.54 Å². The smallest absolute Gasteiger partial charge is 0.304 e. The molecule has 0 heterocycles. The number of carboxylic acid groups (broad SMARTS) is 1. The van der Waals surface area contributed by atoms with Crippen LogP contribution in [-0.2, 0) is 17.6 Å². The van der Waals surface area contributed by atoms with Crippen LogP contribution in [0.15, 0.2) is 24.3 Å². The Morgan fingerprint density at radius 3 is 2.39 bits per heavy atom. The lowest BCUT2D eigenvalue weighted by Gasteiger charge is -2.32. The summed E-state index contributed by atoms with van der Waals surface area (Å²) in [7, 11) is 0. The maximum absolute atomic E-state index is 10.8. The monoisotopic (exact) mass is 247 g/mol. The Labute approximate surface area is 108 Å². The van der Waals surface area contributed by atoms with Crippen molar-refractivity contribution in [3.8, 4) is 0 Å². The van der Waals surface area contributed by atoms with E-state index in [2.05, 4.69) is 36.1 Å². The first-order valence-electron chi connectivity index (χ1n) is 6.66. The van der Waals surface area contributed by atoms with Crippen molar-refractivity contribution in [1.29, 1.82) is 0 Å². The van der Waals surface area contributed by atoms with Crippen molar-refractivity contribution in [3.05, 3.63) is 35.4 Å². The Kier molecular flexibility index (Phi) is 4.02. The number of nitrogens with zero attached hydrogens (tertiary/aromatic N) is 1. The van der Waals surface area contributed by atoms with Gasteiger partial charge in [0.25, 0.3) is 0 Å². The molecule has 0 aliphatic heterocycles. The van der Waals surface area contributed by atoms with E-state index in [1.54, 1.807) is 0 Å². The fraction of sp³-hybridized carbons (Fsp3) is 0.533. The van der Waals surface area contributed by atoms with Crippen molar-refractivity contribution >= 4 is 5.97 Å². The number of aliphatic carboxylic acids is 1. The Morgan fingerprint density at radius 2 is 1.94 bits per heavy atom. The first kappa shape index (κ1) is 13.1. The molecular formula is C15H21NO2. The molecule has 0 bridgehead atoms. The van der Waals surface area contributed by atoms with Crippen molar-refractivity contribution < 1.29 is 9.90 Å². The van der Waals surface area contributed by atoms with Crippen molar-refractivity contribution in [3.63, 3.8) is 0 Å².